The number of rotatable bonds is 4. The quantitative estimate of drug-likeness (QED) is 0.684. The maximum atomic E-state index is 12.1. The minimum absolute atomic E-state index is 0.0397. The van der Waals surface area contributed by atoms with Crippen LogP contribution in [0, 0.1) is 10.8 Å². The van der Waals surface area contributed by atoms with Gasteiger partial charge >= 0.3 is 5.97 Å². The minimum Gasteiger partial charge on any atom is -0.504 e. The zero-order chi connectivity index (χ0) is 22.5. The van der Waals surface area contributed by atoms with Crippen LogP contribution < -0.4 is 4.74 Å². The van der Waals surface area contributed by atoms with Crippen LogP contribution in [0.5, 0.6) is 11.5 Å². The molecule has 2 aromatic carbocycles. The van der Waals surface area contributed by atoms with Crippen LogP contribution in [0.25, 0.3) is 0 Å². The van der Waals surface area contributed by atoms with E-state index in [1.165, 1.54) is 12.5 Å². The molecule has 1 unspecified atom stereocenters. The summed E-state index contributed by atoms with van der Waals surface area (Å²) in [5, 5.41) is 11.0. The molecule has 1 aliphatic heterocycles. The Morgan fingerprint density at radius 3 is 2.69 bits per heavy atom. The Kier molecular flexibility index (Phi) is 5.20. The normalized spacial score (nSPS) is 31.3. The van der Waals surface area contributed by atoms with Crippen molar-refractivity contribution in [1.29, 1.82) is 0 Å². The van der Waals surface area contributed by atoms with Gasteiger partial charge in [0, 0.05) is 37.0 Å². The van der Waals surface area contributed by atoms with E-state index < -0.39 is 0 Å². The van der Waals surface area contributed by atoms with Crippen molar-refractivity contribution in [1.82, 2.24) is 4.90 Å². The Labute approximate surface area is 190 Å². The van der Waals surface area contributed by atoms with Crippen molar-refractivity contribution in [3.05, 3.63) is 59.2 Å². The van der Waals surface area contributed by atoms with Crippen LogP contribution in [-0.2, 0) is 22.5 Å². The standard InChI is InChI=1S/C27H33NO4/c1-18(29)32-23-10-7-14-26(2)17-28(16-19-8-5-4-6-9-19)25-21-11-12-22(31-3)24(30)20(21)13-15-27(23,25)26/h4-6,8-9,11-12,23,25,30H,7,10,13-17H2,1-3H3/t23-,25-,26-,27?/m0/s1. The number of phenols is 1. The van der Waals surface area contributed by atoms with Gasteiger partial charge in [0.15, 0.2) is 11.5 Å². The molecular formula is C27H33NO4. The molecule has 0 radical (unpaired) electrons. The Balaban J connectivity index is 1.67. The number of ether oxygens (including phenoxy) is 2. The predicted octanol–water partition coefficient (Wildman–Crippen LogP) is 5.01. The molecule has 1 saturated carbocycles. The lowest BCUT2D eigenvalue weighted by molar-refractivity contribution is -0.171. The summed E-state index contributed by atoms with van der Waals surface area (Å²) in [6, 6.07) is 14.7. The van der Waals surface area contributed by atoms with Crippen LogP contribution in [0.4, 0.5) is 0 Å². The van der Waals surface area contributed by atoms with Crippen molar-refractivity contribution >= 4 is 5.97 Å². The average Bonchev–Trinajstić information content (AvgIpc) is 3.04. The molecule has 1 saturated heterocycles. The molecule has 0 bridgehead atoms. The molecule has 170 valence electrons. The summed E-state index contributed by atoms with van der Waals surface area (Å²) in [6.45, 7) is 5.72. The molecule has 2 fully saturated rings. The molecule has 4 atom stereocenters. The molecule has 0 amide bonds. The molecule has 1 N–H and O–H groups in total. The van der Waals surface area contributed by atoms with E-state index in [1.807, 2.05) is 12.1 Å². The van der Waals surface area contributed by atoms with Crippen LogP contribution in [0.2, 0.25) is 0 Å². The minimum atomic E-state index is -0.197. The number of aromatic hydroxyl groups is 1. The van der Waals surface area contributed by atoms with Crippen molar-refractivity contribution in [2.45, 2.75) is 64.6 Å². The van der Waals surface area contributed by atoms with Gasteiger partial charge in [-0.3, -0.25) is 9.69 Å². The lowest BCUT2D eigenvalue weighted by atomic mass is 9.50. The first kappa shape index (κ1) is 21.3. The summed E-state index contributed by atoms with van der Waals surface area (Å²) in [5.74, 6) is 0.584. The highest BCUT2D eigenvalue weighted by Crippen LogP contribution is 2.69. The van der Waals surface area contributed by atoms with Crippen molar-refractivity contribution in [3.63, 3.8) is 0 Å². The number of hydrogen-bond acceptors (Lipinski definition) is 5. The third-order valence-electron chi connectivity index (χ3n) is 8.42. The van der Waals surface area contributed by atoms with Crippen molar-refractivity contribution < 1.29 is 19.4 Å². The van der Waals surface area contributed by atoms with E-state index in [0.29, 0.717) is 5.75 Å². The van der Waals surface area contributed by atoms with Gasteiger partial charge in [-0.1, -0.05) is 43.3 Å². The first-order valence-electron chi connectivity index (χ1n) is 11.7. The topological polar surface area (TPSA) is 59.0 Å². The zero-order valence-corrected chi connectivity index (χ0v) is 19.3. The fourth-order valence-electron chi connectivity index (χ4n) is 7.20. The number of benzene rings is 2. The second-order valence-electron chi connectivity index (χ2n) is 10.1. The van der Waals surface area contributed by atoms with Crippen LogP contribution in [0.1, 0.15) is 62.3 Å². The van der Waals surface area contributed by atoms with E-state index in [0.717, 1.165) is 56.3 Å². The molecule has 5 nitrogen and oxygen atoms in total. The van der Waals surface area contributed by atoms with Gasteiger partial charge in [0.1, 0.15) is 6.10 Å². The summed E-state index contributed by atoms with van der Waals surface area (Å²) in [7, 11) is 1.60. The van der Waals surface area contributed by atoms with Gasteiger partial charge in [-0.05, 0) is 54.7 Å². The fourth-order valence-corrected chi connectivity index (χ4v) is 7.20. The summed E-state index contributed by atoms with van der Waals surface area (Å²) in [5.41, 5.74) is 3.29. The number of nitrogens with zero attached hydrogens (tertiary/aromatic N) is 1. The van der Waals surface area contributed by atoms with Gasteiger partial charge in [0.2, 0.25) is 0 Å². The van der Waals surface area contributed by atoms with E-state index in [4.69, 9.17) is 9.47 Å². The Morgan fingerprint density at radius 1 is 1.19 bits per heavy atom. The number of methoxy groups -OCH3 is 1. The average molecular weight is 436 g/mol. The molecule has 1 spiro atoms. The molecule has 32 heavy (non-hydrogen) atoms. The SMILES string of the molecule is COc1ccc2c(c1O)CCC13[C@@H](OC(C)=O)CCC[C@@]1(C)CN(Cc1ccccc1)[C@@H]23. The lowest BCUT2D eigenvalue weighted by Crippen LogP contribution is -2.55. The maximum absolute atomic E-state index is 12.1. The van der Waals surface area contributed by atoms with Gasteiger partial charge in [0.25, 0.3) is 0 Å². The number of carbonyl (C=O) groups is 1. The van der Waals surface area contributed by atoms with E-state index in [2.05, 4.69) is 42.2 Å². The molecule has 1 heterocycles. The highest BCUT2D eigenvalue weighted by Gasteiger charge is 2.67. The van der Waals surface area contributed by atoms with Gasteiger partial charge in [-0.2, -0.15) is 0 Å². The van der Waals surface area contributed by atoms with Gasteiger partial charge in [0.05, 0.1) is 7.11 Å². The fraction of sp³-hybridized carbons (Fsp3) is 0.519. The largest absolute Gasteiger partial charge is 0.504 e. The second-order valence-corrected chi connectivity index (χ2v) is 10.1. The first-order chi connectivity index (χ1) is 15.4. The molecule has 3 aliphatic rings. The van der Waals surface area contributed by atoms with Crippen LogP contribution in [-0.4, -0.2) is 35.7 Å². The molecule has 0 aromatic heterocycles. The third-order valence-corrected chi connectivity index (χ3v) is 8.42. The molecular weight excluding hydrogens is 402 g/mol. The first-order valence-corrected chi connectivity index (χ1v) is 11.7. The zero-order valence-electron chi connectivity index (χ0n) is 19.3. The van der Waals surface area contributed by atoms with Crippen molar-refractivity contribution in [3.8, 4) is 11.5 Å². The molecule has 5 heteroatoms. The summed E-state index contributed by atoms with van der Waals surface area (Å²) < 4.78 is 11.5. The maximum Gasteiger partial charge on any atom is 0.302 e. The summed E-state index contributed by atoms with van der Waals surface area (Å²) in [6.07, 6.45) is 4.66. The third kappa shape index (κ3) is 3.05. The van der Waals surface area contributed by atoms with Crippen molar-refractivity contribution in [2.24, 2.45) is 10.8 Å². The van der Waals surface area contributed by atoms with E-state index in [-0.39, 0.29) is 34.7 Å². The van der Waals surface area contributed by atoms with E-state index >= 15 is 0 Å². The number of carbonyl (C=O) groups excluding carboxylic acids is 1. The van der Waals surface area contributed by atoms with E-state index in [9.17, 15) is 9.90 Å². The Hall–Kier alpha value is -2.53. The molecule has 2 aliphatic carbocycles. The monoisotopic (exact) mass is 435 g/mol. The van der Waals surface area contributed by atoms with Crippen LogP contribution >= 0.6 is 0 Å². The van der Waals surface area contributed by atoms with Gasteiger partial charge in [-0.25, -0.2) is 0 Å². The predicted molar refractivity (Wildman–Crippen MR) is 123 cm³/mol. The van der Waals surface area contributed by atoms with Gasteiger partial charge < -0.3 is 14.6 Å². The van der Waals surface area contributed by atoms with Crippen LogP contribution in [0.15, 0.2) is 42.5 Å². The van der Waals surface area contributed by atoms with Crippen molar-refractivity contribution in [2.75, 3.05) is 13.7 Å². The Bertz CT molecular complexity index is 1020. The van der Waals surface area contributed by atoms with Gasteiger partial charge in [-0.15, -0.1) is 0 Å². The number of hydrogen-bond donors (Lipinski definition) is 1. The number of phenolic OH excluding ortho intramolecular Hbond substituents is 1. The van der Waals surface area contributed by atoms with E-state index in [1.54, 1.807) is 7.11 Å². The smallest absolute Gasteiger partial charge is 0.302 e. The summed E-state index contributed by atoms with van der Waals surface area (Å²) >= 11 is 0. The number of esters is 1. The van der Waals surface area contributed by atoms with Crippen LogP contribution in [0.3, 0.4) is 0 Å². The molecule has 2 aromatic rings. The number of likely N-dealkylation sites (tertiary alicyclic amines) is 1. The number of fused-ring (bicyclic) bond motifs is 2. The second kappa shape index (κ2) is 7.80. The highest BCUT2D eigenvalue weighted by molar-refractivity contribution is 5.66. The lowest BCUT2D eigenvalue weighted by Gasteiger charge is -2.56. The summed E-state index contributed by atoms with van der Waals surface area (Å²) in [4.78, 5) is 14.7. The molecule has 5 rings (SSSR count). The highest BCUT2D eigenvalue weighted by atomic mass is 16.5. The Morgan fingerprint density at radius 2 is 1.97 bits per heavy atom.